The van der Waals surface area contributed by atoms with Crippen molar-refractivity contribution in [2.45, 2.75) is 25.9 Å². The van der Waals surface area contributed by atoms with E-state index in [0.717, 1.165) is 18.4 Å². The molecule has 0 fully saturated rings. The van der Waals surface area contributed by atoms with Gasteiger partial charge in [0.2, 0.25) is 7.37 Å². The van der Waals surface area contributed by atoms with Gasteiger partial charge in [0.15, 0.2) is 0 Å². The Kier molecular flexibility index (Phi) is 6.77. The number of aryl methyl sites for hydroxylation is 1. The molecule has 0 saturated heterocycles. The van der Waals surface area contributed by atoms with Crippen molar-refractivity contribution in [2.75, 3.05) is 12.8 Å². The van der Waals surface area contributed by atoms with Crippen LogP contribution in [0.15, 0.2) is 54.6 Å². The summed E-state index contributed by atoms with van der Waals surface area (Å²) < 4.78 is 18.6. The lowest BCUT2D eigenvalue weighted by molar-refractivity contribution is 0.0697. The van der Waals surface area contributed by atoms with Crippen LogP contribution < -0.4 is 0 Å². The van der Waals surface area contributed by atoms with Gasteiger partial charge in [0.25, 0.3) is 0 Å². The van der Waals surface area contributed by atoms with Crippen LogP contribution in [0, 0.1) is 0 Å². The highest BCUT2D eigenvalue weighted by Crippen LogP contribution is 2.50. The highest BCUT2D eigenvalue weighted by atomic mass is 31.2. The van der Waals surface area contributed by atoms with E-state index < -0.39 is 13.3 Å². The summed E-state index contributed by atoms with van der Waals surface area (Å²) in [4.78, 5) is 10.9. The number of carboxylic acid groups (broad SMARTS) is 1. The molecule has 0 aliphatic rings. The zero-order valence-electron chi connectivity index (χ0n) is 13.9. The fourth-order valence-electron chi connectivity index (χ4n) is 2.62. The third-order valence-corrected chi connectivity index (χ3v) is 6.37. The van der Waals surface area contributed by atoms with Crippen LogP contribution in [0.3, 0.4) is 0 Å². The van der Waals surface area contributed by atoms with E-state index in [9.17, 15) is 9.36 Å². The summed E-state index contributed by atoms with van der Waals surface area (Å²) in [6, 6.07) is 16.6. The molecule has 2 rings (SSSR count). The first kappa shape index (κ1) is 18.4. The van der Waals surface area contributed by atoms with Gasteiger partial charge < -0.3 is 9.63 Å². The molecular formula is C19H23O4P. The molecule has 1 N–H and O–H groups in total. The maximum atomic E-state index is 13.1. The van der Waals surface area contributed by atoms with Crippen LogP contribution in [0.4, 0.5) is 0 Å². The molecule has 0 saturated carbocycles. The third kappa shape index (κ3) is 5.63. The summed E-state index contributed by atoms with van der Waals surface area (Å²) in [5.41, 5.74) is 2.30. The highest BCUT2D eigenvalue weighted by Gasteiger charge is 2.23. The zero-order chi connectivity index (χ0) is 17.4. The molecule has 0 heterocycles. The maximum Gasteiger partial charge on any atom is 0.335 e. The average Bonchev–Trinajstić information content (AvgIpc) is 2.56. The van der Waals surface area contributed by atoms with Gasteiger partial charge in [-0.3, -0.25) is 4.57 Å². The molecule has 0 bridgehead atoms. The highest BCUT2D eigenvalue weighted by molar-refractivity contribution is 7.58. The lowest BCUT2D eigenvalue weighted by Crippen LogP contribution is -2.02. The van der Waals surface area contributed by atoms with Crippen LogP contribution in [0.5, 0.6) is 0 Å². The smallest absolute Gasteiger partial charge is 0.335 e. The Morgan fingerprint density at radius 1 is 1.04 bits per heavy atom. The Morgan fingerprint density at radius 2 is 1.71 bits per heavy atom. The van der Waals surface area contributed by atoms with Crippen LogP contribution in [-0.2, 0) is 21.7 Å². The van der Waals surface area contributed by atoms with Crippen LogP contribution >= 0.6 is 7.37 Å². The SMILES string of the molecule is CCOP(=O)(CCCc1ccccc1)Cc1ccc(C(=O)O)cc1. The third-order valence-electron chi connectivity index (χ3n) is 3.80. The lowest BCUT2D eigenvalue weighted by atomic mass is 10.1. The first-order valence-electron chi connectivity index (χ1n) is 8.11. The van der Waals surface area contributed by atoms with Crippen LogP contribution in [-0.4, -0.2) is 23.8 Å². The van der Waals surface area contributed by atoms with Gasteiger partial charge in [0.1, 0.15) is 0 Å². The van der Waals surface area contributed by atoms with E-state index in [2.05, 4.69) is 12.1 Å². The molecule has 0 amide bonds. The van der Waals surface area contributed by atoms with Crippen LogP contribution in [0.1, 0.15) is 34.8 Å². The van der Waals surface area contributed by atoms with Gasteiger partial charge in [-0.15, -0.1) is 0 Å². The Hall–Kier alpha value is -1.90. The second kappa shape index (κ2) is 8.81. The lowest BCUT2D eigenvalue weighted by Gasteiger charge is -2.18. The van der Waals surface area contributed by atoms with Gasteiger partial charge in [0, 0.05) is 12.3 Å². The normalized spacial score (nSPS) is 13.4. The van der Waals surface area contributed by atoms with Gasteiger partial charge in [-0.1, -0.05) is 42.5 Å². The summed E-state index contributed by atoms with van der Waals surface area (Å²) in [6.45, 7) is 2.26. The summed E-state index contributed by atoms with van der Waals surface area (Å²) in [5, 5.41) is 8.94. The standard InChI is InChI=1S/C19H23O4P/c1-2-23-24(22,14-6-9-16-7-4-3-5-8-16)15-17-10-12-18(13-11-17)19(20)21/h3-5,7-8,10-13H,2,6,9,14-15H2,1H3,(H,20,21). The van der Waals surface area contributed by atoms with Crippen molar-refractivity contribution in [1.29, 1.82) is 0 Å². The van der Waals surface area contributed by atoms with E-state index in [1.807, 2.05) is 25.1 Å². The van der Waals surface area contributed by atoms with Gasteiger partial charge in [0.05, 0.1) is 12.2 Å². The Bertz CT molecular complexity index is 695. The summed E-state index contributed by atoms with van der Waals surface area (Å²) in [7, 11) is -2.76. The Morgan fingerprint density at radius 3 is 2.29 bits per heavy atom. The second-order valence-corrected chi connectivity index (χ2v) is 8.36. The minimum absolute atomic E-state index is 0.231. The van der Waals surface area contributed by atoms with Gasteiger partial charge in [-0.05, 0) is 43.0 Å². The molecule has 0 aliphatic heterocycles. The topological polar surface area (TPSA) is 63.6 Å². The van der Waals surface area contributed by atoms with E-state index in [1.165, 1.54) is 17.7 Å². The zero-order valence-corrected chi connectivity index (χ0v) is 14.7. The molecule has 0 aliphatic carbocycles. The maximum absolute atomic E-state index is 13.1. The van der Waals surface area contributed by atoms with Crippen molar-refractivity contribution in [3.8, 4) is 0 Å². The minimum Gasteiger partial charge on any atom is -0.478 e. The van der Waals surface area contributed by atoms with E-state index in [0.29, 0.717) is 18.9 Å². The molecule has 1 atom stereocenters. The monoisotopic (exact) mass is 346 g/mol. The molecular weight excluding hydrogens is 323 g/mol. The molecule has 0 radical (unpaired) electrons. The van der Waals surface area contributed by atoms with E-state index in [4.69, 9.17) is 9.63 Å². The number of carbonyl (C=O) groups is 1. The van der Waals surface area contributed by atoms with Crippen molar-refractivity contribution in [1.82, 2.24) is 0 Å². The van der Waals surface area contributed by atoms with Gasteiger partial charge in [-0.25, -0.2) is 4.79 Å². The van der Waals surface area contributed by atoms with E-state index in [1.54, 1.807) is 12.1 Å². The molecule has 24 heavy (non-hydrogen) atoms. The van der Waals surface area contributed by atoms with Gasteiger partial charge >= 0.3 is 5.97 Å². The summed E-state index contributed by atoms with van der Waals surface area (Å²) >= 11 is 0. The predicted octanol–water partition coefficient (Wildman–Crippen LogP) is 4.83. The number of hydrogen-bond donors (Lipinski definition) is 1. The quantitative estimate of drug-likeness (QED) is 0.660. The van der Waals surface area contributed by atoms with E-state index in [-0.39, 0.29) is 5.56 Å². The molecule has 2 aromatic carbocycles. The molecule has 128 valence electrons. The van der Waals surface area contributed by atoms with Crippen molar-refractivity contribution in [3.63, 3.8) is 0 Å². The van der Waals surface area contributed by atoms with E-state index >= 15 is 0 Å². The second-order valence-electron chi connectivity index (χ2n) is 5.71. The average molecular weight is 346 g/mol. The molecule has 5 heteroatoms. The molecule has 4 nitrogen and oxygen atoms in total. The molecule has 0 spiro atoms. The van der Waals surface area contributed by atoms with Crippen molar-refractivity contribution in [3.05, 3.63) is 71.3 Å². The Labute approximate surface area is 142 Å². The number of benzene rings is 2. The number of aromatic carboxylic acids is 1. The predicted molar refractivity (Wildman–Crippen MR) is 96.0 cm³/mol. The van der Waals surface area contributed by atoms with Crippen molar-refractivity contribution < 1.29 is 19.0 Å². The largest absolute Gasteiger partial charge is 0.478 e. The molecule has 2 aromatic rings. The van der Waals surface area contributed by atoms with Crippen LogP contribution in [0.25, 0.3) is 0 Å². The van der Waals surface area contributed by atoms with Gasteiger partial charge in [-0.2, -0.15) is 0 Å². The number of carboxylic acids is 1. The van der Waals surface area contributed by atoms with Crippen LogP contribution in [0.2, 0.25) is 0 Å². The Balaban J connectivity index is 1.98. The number of hydrogen-bond acceptors (Lipinski definition) is 3. The molecule has 1 unspecified atom stereocenters. The number of rotatable bonds is 9. The summed E-state index contributed by atoms with van der Waals surface area (Å²) in [5.74, 6) is -0.961. The van der Waals surface area contributed by atoms with Crippen molar-refractivity contribution in [2.24, 2.45) is 0 Å². The fourth-order valence-corrected chi connectivity index (χ4v) is 4.88. The first-order valence-corrected chi connectivity index (χ1v) is 10.1. The minimum atomic E-state index is -2.76. The summed E-state index contributed by atoms with van der Waals surface area (Å²) in [6.07, 6.45) is 2.54. The fraction of sp³-hybridized carbons (Fsp3) is 0.316. The first-order chi connectivity index (χ1) is 11.5. The molecule has 0 aromatic heterocycles. The van der Waals surface area contributed by atoms with Crippen molar-refractivity contribution >= 4 is 13.3 Å².